The monoisotopic (exact) mass is 200 g/mol. The first-order chi connectivity index (χ1) is 6.72. The highest BCUT2D eigenvalue weighted by atomic mass is 19.3. The Labute approximate surface area is 80.8 Å². The molecule has 4 heteroatoms. The lowest BCUT2D eigenvalue weighted by Gasteiger charge is -2.03. The molecule has 1 aromatic rings. The van der Waals surface area contributed by atoms with E-state index in [2.05, 4.69) is 4.74 Å². The molecule has 14 heavy (non-hydrogen) atoms. The number of halogens is 2. The van der Waals surface area contributed by atoms with E-state index < -0.39 is 6.61 Å². The summed E-state index contributed by atoms with van der Waals surface area (Å²) < 4.78 is 32.4. The first-order valence-electron chi connectivity index (χ1n) is 3.96. The predicted octanol–water partition coefficient (Wildman–Crippen LogP) is 2.91. The summed E-state index contributed by atoms with van der Waals surface area (Å²) in [5.74, 6) is 0.148. The van der Waals surface area contributed by atoms with Crippen LogP contribution < -0.4 is 4.74 Å². The van der Waals surface area contributed by atoms with Crippen molar-refractivity contribution in [3.8, 4) is 5.75 Å². The number of hydrogen-bond donors (Lipinski definition) is 0. The molecule has 0 fully saturated rings. The molecule has 0 aliphatic carbocycles. The van der Waals surface area contributed by atoms with Gasteiger partial charge in [0.1, 0.15) is 5.75 Å². The normalized spacial score (nSPS) is 10.9. The van der Waals surface area contributed by atoms with Crippen LogP contribution in [-0.4, -0.2) is 13.7 Å². The van der Waals surface area contributed by atoms with Gasteiger partial charge in [-0.1, -0.05) is 12.1 Å². The van der Waals surface area contributed by atoms with Gasteiger partial charge in [0.05, 0.1) is 13.4 Å². The third-order valence-electron chi connectivity index (χ3n) is 1.50. The second kappa shape index (κ2) is 5.21. The van der Waals surface area contributed by atoms with E-state index in [1.165, 1.54) is 25.5 Å². The summed E-state index contributed by atoms with van der Waals surface area (Å²) >= 11 is 0. The molecular formula is C10H10F2O2. The highest BCUT2D eigenvalue weighted by Gasteiger charge is 2.02. The molecule has 0 saturated heterocycles. The zero-order valence-corrected chi connectivity index (χ0v) is 7.61. The zero-order valence-electron chi connectivity index (χ0n) is 7.61. The molecule has 2 nitrogen and oxygen atoms in total. The van der Waals surface area contributed by atoms with Gasteiger partial charge in [0.15, 0.2) is 0 Å². The lowest BCUT2D eigenvalue weighted by molar-refractivity contribution is -0.0498. The summed E-state index contributed by atoms with van der Waals surface area (Å²) in [4.78, 5) is 0. The van der Waals surface area contributed by atoms with Gasteiger partial charge >= 0.3 is 6.61 Å². The van der Waals surface area contributed by atoms with Gasteiger partial charge in [-0.25, -0.2) is 0 Å². The van der Waals surface area contributed by atoms with Gasteiger partial charge in [0.25, 0.3) is 0 Å². The summed E-state index contributed by atoms with van der Waals surface area (Å²) in [6, 6.07) is 6.27. The van der Waals surface area contributed by atoms with Crippen LogP contribution in [0.1, 0.15) is 5.56 Å². The molecule has 0 radical (unpaired) electrons. The molecule has 0 spiro atoms. The average Bonchev–Trinajstić information content (AvgIpc) is 2.16. The molecule has 1 aromatic carbocycles. The van der Waals surface area contributed by atoms with Gasteiger partial charge in [0, 0.05) is 0 Å². The second-order valence-corrected chi connectivity index (χ2v) is 2.49. The Balaban J connectivity index is 2.64. The lowest BCUT2D eigenvalue weighted by atomic mass is 10.2. The van der Waals surface area contributed by atoms with Crippen LogP contribution in [0.2, 0.25) is 0 Å². The highest BCUT2D eigenvalue weighted by molar-refractivity contribution is 5.49. The maximum atomic E-state index is 11.8. The second-order valence-electron chi connectivity index (χ2n) is 2.49. The van der Waals surface area contributed by atoms with Crippen LogP contribution in [0.15, 0.2) is 30.5 Å². The van der Waals surface area contributed by atoms with Gasteiger partial charge < -0.3 is 9.47 Å². The van der Waals surface area contributed by atoms with Crippen molar-refractivity contribution >= 4 is 6.08 Å². The SMILES string of the molecule is CO/C=C/c1ccc(OC(F)F)cc1. The van der Waals surface area contributed by atoms with E-state index in [1.807, 2.05) is 0 Å². The molecule has 0 aliphatic rings. The maximum Gasteiger partial charge on any atom is 0.387 e. The standard InChI is InChI=1S/C10H10F2O2/c1-13-7-6-8-2-4-9(5-3-8)14-10(11)12/h2-7,10H,1H3/b7-6+. The Kier molecular flexibility index (Phi) is 3.91. The van der Waals surface area contributed by atoms with Crippen molar-refractivity contribution < 1.29 is 18.3 Å². The van der Waals surface area contributed by atoms with E-state index in [9.17, 15) is 8.78 Å². The van der Waals surface area contributed by atoms with Crippen molar-refractivity contribution in [3.05, 3.63) is 36.1 Å². The Morgan fingerprint density at radius 1 is 1.21 bits per heavy atom. The van der Waals surface area contributed by atoms with E-state index in [0.717, 1.165) is 5.56 Å². The van der Waals surface area contributed by atoms with Gasteiger partial charge in [-0.3, -0.25) is 0 Å². The third-order valence-corrected chi connectivity index (χ3v) is 1.50. The van der Waals surface area contributed by atoms with E-state index in [4.69, 9.17) is 4.74 Å². The van der Waals surface area contributed by atoms with Gasteiger partial charge in [0.2, 0.25) is 0 Å². The molecule has 0 aromatic heterocycles. The fourth-order valence-electron chi connectivity index (χ4n) is 0.907. The van der Waals surface area contributed by atoms with Crippen molar-refractivity contribution in [3.63, 3.8) is 0 Å². The fourth-order valence-corrected chi connectivity index (χ4v) is 0.907. The topological polar surface area (TPSA) is 18.5 Å². The number of benzene rings is 1. The molecular weight excluding hydrogens is 190 g/mol. The van der Waals surface area contributed by atoms with Crippen LogP contribution >= 0.6 is 0 Å². The van der Waals surface area contributed by atoms with E-state index in [-0.39, 0.29) is 5.75 Å². The van der Waals surface area contributed by atoms with Gasteiger partial charge in [-0.05, 0) is 23.8 Å². The molecule has 0 heterocycles. The summed E-state index contributed by atoms with van der Waals surface area (Å²) in [6.45, 7) is -2.78. The average molecular weight is 200 g/mol. The molecule has 0 unspecified atom stereocenters. The minimum atomic E-state index is -2.78. The fraction of sp³-hybridized carbons (Fsp3) is 0.200. The van der Waals surface area contributed by atoms with Crippen LogP contribution in [0.5, 0.6) is 5.75 Å². The van der Waals surface area contributed by atoms with Crippen molar-refractivity contribution in [1.82, 2.24) is 0 Å². The minimum Gasteiger partial charge on any atom is -0.504 e. The summed E-state index contributed by atoms with van der Waals surface area (Å²) in [5.41, 5.74) is 0.855. The first kappa shape index (κ1) is 10.5. The van der Waals surface area contributed by atoms with Crippen LogP contribution in [0, 0.1) is 0 Å². The predicted molar refractivity (Wildman–Crippen MR) is 49.1 cm³/mol. The Morgan fingerprint density at radius 3 is 2.36 bits per heavy atom. The maximum absolute atomic E-state index is 11.8. The van der Waals surface area contributed by atoms with E-state index in [0.29, 0.717) is 0 Å². The van der Waals surface area contributed by atoms with Gasteiger partial charge in [-0.15, -0.1) is 0 Å². The third kappa shape index (κ3) is 3.43. The number of ether oxygens (including phenoxy) is 2. The molecule has 0 amide bonds. The summed E-state index contributed by atoms with van der Waals surface area (Å²) in [5, 5.41) is 0. The Morgan fingerprint density at radius 2 is 1.86 bits per heavy atom. The quantitative estimate of drug-likeness (QED) is 0.696. The summed E-state index contributed by atoms with van der Waals surface area (Å²) in [6.07, 6.45) is 3.22. The number of rotatable bonds is 4. The van der Waals surface area contributed by atoms with Crippen molar-refractivity contribution in [2.75, 3.05) is 7.11 Å². The van der Waals surface area contributed by atoms with Crippen LogP contribution in [-0.2, 0) is 4.74 Å². The van der Waals surface area contributed by atoms with Crippen molar-refractivity contribution in [2.45, 2.75) is 6.61 Å². The molecule has 0 N–H and O–H groups in total. The van der Waals surface area contributed by atoms with Gasteiger partial charge in [-0.2, -0.15) is 8.78 Å². The molecule has 76 valence electrons. The van der Waals surface area contributed by atoms with Crippen LogP contribution in [0.25, 0.3) is 6.08 Å². The summed E-state index contributed by atoms with van der Waals surface area (Å²) in [7, 11) is 1.53. The lowest BCUT2D eigenvalue weighted by Crippen LogP contribution is -2.01. The Bertz CT molecular complexity index is 293. The number of hydrogen-bond acceptors (Lipinski definition) is 2. The van der Waals surface area contributed by atoms with Crippen molar-refractivity contribution in [2.24, 2.45) is 0 Å². The molecule has 0 bridgehead atoms. The largest absolute Gasteiger partial charge is 0.504 e. The van der Waals surface area contributed by atoms with E-state index in [1.54, 1.807) is 18.2 Å². The Hall–Kier alpha value is -1.58. The molecule has 1 rings (SSSR count). The van der Waals surface area contributed by atoms with E-state index >= 15 is 0 Å². The number of methoxy groups -OCH3 is 1. The smallest absolute Gasteiger partial charge is 0.387 e. The first-order valence-corrected chi connectivity index (χ1v) is 3.96. The molecule has 0 aliphatic heterocycles. The van der Waals surface area contributed by atoms with Crippen LogP contribution in [0.4, 0.5) is 8.78 Å². The number of alkyl halides is 2. The molecule has 0 atom stereocenters. The molecule has 0 saturated carbocycles. The zero-order chi connectivity index (χ0) is 10.4. The minimum absolute atomic E-state index is 0.148. The van der Waals surface area contributed by atoms with Crippen LogP contribution in [0.3, 0.4) is 0 Å². The van der Waals surface area contributed by atoms with Crippen molar-refractivity contribution in [1.29, 1.82) is 0 Å². The highest BCUT2D eigenvalue weighted by Crippen LogP contribution is 2.15.